The average Bonchev–Trinajstić information content (AvgIpc) is 3.84. The Hall–Kier alpha value is 1.08. The minimum atomic E-state index is 0.323. The highest BCUT2D eigenvalue weighted by molar-refractivity contribution is 6.37. The summed E-state index contributed by atoms with van der Waals surface area (Å²) in [5.41, 5.74) is 6.19. The second-order valence-electron chi connectivity index (χ2n) is 13.4. The molecule has 0 heterocycles. The fourth-order valence-electron chi connectivity index (χ4n) is 6.41. The van der Waals surface area contributed by atoms with Gasteiger partial charge in [-0.2, -0.15) is 0 Å². The Morgan fingerprint density at radius 1 is 0.273 bits per heavy atom. The maximum atomic E-state index is 2.47. The summed E-state index contributed by atoms with van der Waals surface area (Å²) in [4.78, 5) is 0. The van der Waals surface area contributed by atoms with Gasteiger partial charge in [0.2, 0.25) is 0 Å². The molecule has 0 aromatic heterocycles. The van der Waals surface area contributed by atoms with Crippen LogP contribution in [-0.2, 0) is 0 Å². The summed E-state index contributed by atoms with van der Waals surface area (Å²) in [6.45, 7) is 30.6. The molecule has 0 aliphatic heterocycles. The topological polar surface area (TPSA) is 0 Å². The van der Waals surface area contributed by atoms with E-state index in [1.165, 1.54) is 85.5 Å². The smallest absolute Gasteiger partial charge is 0.0201 e. The molecule has 2 unspecified atom stereocenters. The van der Waals surface area contributed by atoms with Crippen molar-refractivity contribution in [3.8, 4) is 0 Å². The molecular formula is C39H96Si5. The van der Waals surface area contributed by atoms with Gasteiger partial charge in [0.1, 0.15) is 0 Å². The van der Waals surface area contributed by atoms with E-state index in [1.807, 2.05) is 55.4 Å². The van der Waals surface area contributed by atoms with Crippen LogP contribution >= 0.6 is 0 Å². The van der Waals surface area contributed by atoms with Gasteiger partial charge in [0.15, 0.2) is 0 Å². The van der Waals surface area contributed by atoms with Gasteiger partial charge in [0.25, 0.3) is 0 Å². The van der Waals surface area contributed by atoms with Gasteiger partial charge in [0, 0.05) is 47.6 Å². The molecule has 0 bridgehead atoms. The third kappa shape index (κ3) is 35.9. The van der Waals surface area contributed by atoms with Crippen molar-refractivity contribution in [3.63, 3.8) is 0 Å². The molecule has 0 aromatic rings. The molecule has 44 heavy (non-hydrogen) atoms. The lowest BCUT2D eigenvalue weighted by atomic mass is 10.00. The van der Waals surface area contributed by atoms with Crippen LogP contribution in [0.4, 0.5) is 0 Å². The van der Waals surface area contributed by atoms with E-state index < -0.39 is 0 Å². The number of rotatable bonds is 5. The Morgan fingerprint density at radius 2 is 0.500 bits per heavy atom. The third-order valence-corrected chi connectivity index (χ3v) is 20.2. The molecule has 0 radical (unpaired) electrons. The van der Waals surface area contributed by atoms with Gasteiger partial charge in [-0.3, -0.25) is 0 Å². The highest BCUT2D eigenvalue weighted by atomic mass is 28.2. The molecule has 0 aromatic carbocycles. The van der Waals surface area contributed by atoms with Crippen molar-refractivity contribution >= 4 is 47.6 Å². The van der Waals surface area contributed by atoms with Crippen LogP contribution in [0.25, 0.3) is 0 Å². The van der Waals surface area contributed by atoms with Crippen molar-refractivity contribution in [3.05, 3.63) is 0 Å². The molecule has 5 fully saturated rings. The molecule has 5 rings (SSSR count). The minimum absolute atomic E-state index is 0.323. The van der Waals surface area contributed by atoms with E-state index in [9.17, 15) is 0 Å². The van der Waals surface area contributed by atoms with Crippen LogP contribution in [0, 0.1) is 5.92 Å². The zero-order chi connectivity index (χ0) is 34.4. The minimum Gasteiger partial charge on any atom is -0.0746 e. The standard InChI is InChI=1S/C9H20Si.C7H16Si.C6H14Si.C5H12Si.C4H10Si.4C2H6/c1-8-4-3-5-9(10-2)7-6-8;1-8-7-5-3-2-4-6-7;1-7-6-4-2-3-5-6;1-6-5-3-2-4-5;1-5-4-2-3-4;4*1-2/h8-9H,3-7,10H2,1-2H3;7H,2-6,8H2,1H3;6H,2-5,7H2,1H3;5H,2-4,6H2,1H3;4H,2-3,5H2,1H3;4*1-2H3. The van der Waals surface area contributed by atoms with Crippen LogP contribution in [-0.4, -0.2) is 47.6 Å². The highest BCUT2D eigenvalue weighted by Crippen LogP contribution is 2.34. The lowest BCUT2D eigenvalue weighted by molar-refractivity contribution is 0.499. The highest BCUT2D eigenvalue weighted by Gasteiger charge is 2.18. The summed E-state index contributed by atoms with van der Waals surface area (Å²) >= 11 is 0. The Kier molecular flexibility index (Phi) is 52.0. The van der Waals surface area contributed by atoms with Gasteiger partial charge in [-0.15, -0.1) is 0 Å². The third-order valence-electron chi connectivity index (χ3n) is 10.4. The molecule has 0 N–H and O–H groups in total. The van der Waals surface area contributed by atoms with Crippen LogP contribution in [0.15, 0.2) is 0 Å². The van der Waals surface area contributed by atoms with Gasteiger partial charge < -0.3 is 0 Å². The summed E-state index contributed by atoms with van der Waals surface area (Å²) in [5, 5.41) is 0. The first-order chi connectivity index (χ1) is 21.6. The average molecular weight is 706 g/mol. The zero-order valence-electron chi connectivity index (χ0n) is 34.4. The van der Waals surface area contributed by atoms with E-state index >= 15 is 0 Å². The maximum absolute atomic E-state index is 2.47. The first kappa shape index (κ1) is 51.9. The first-order valence-electron chi connectivity index (χ1n) is 21.6. The van der Waals surface area contributed by atoms with E-state index in [0.29, 0.717) is 47.6 Å². The normalized spacial score (nSPS) is 23.9. The van der Waals surface area contributed by atoms with E-state index in [2.05, 4.69) is 39.7 Å². The van der Waals surface area contributed by atoms with E-state index in [-0.39, 0.29) is 0 Å². The summed E-state index contributed by atoms with van der Waals surface area (Å²) in [6.07, 6.45) is 29.4. The Bertz CT molecular complexity index is 453. The monoisotopic (exact) mass is 705 g/mol. The van der Waals surface area contributed by atoms with Crippen molar-refractivity contribution in [2.24, 2.45) is 5.92 Å². The molecule has 272 valence electrons. The Balaban J connectivity index is -0.000000217. The molecule has 5 aliphatic rings. The largest absolute Gasteiger partial charge is 0.0746 e. The Morgan fingerprint density at radius 3 is 0.750 bits per heavy atom. The van der Waals surface area contributed by atoms with Crippen molar-refractivity contribution in [2.45, 2.75) is 245 Å². The lowest BCUT2D eigenvalue weighted by Gasteiger charge is -2.22. The van der Waals surface area contributed by atoms with Crippen molar-refractivity contribution in [1.82, 2.24) is 0 Å². The van der Waals surface area contributed by atoms with Crippen LogP contribution in [0.2, 0.25) is 60.4 Å². The second kappa shape index (κ2) is 44.1. The van der Waals surface area contributed by atoms with Crippen LogP contribution < -0.4 is 0 Å². The molecular weight excluding hydrogens is 609 g/mol. The van der Waals surface area contributed by atoms with E-state index in [4.69, 9.17) is 0 Å². The predicted molar refractivity (Wildman–Crippen MR) is 233 cm³/mol. The fraction of sp³-hybridized carbons (Fsp3) is 1.00. The van der Waals surface area contributed by atoms with Gasteiger partial charge in [-0.05, 0) is 5.92 Å². The first-order valence-corrected chi connectivity index (χ1v) is 32.7. The van der Waals surface area contributed by atoms with Gasteiger partial charge in [-0.25, -0.2) is 0 Å². The predicted octanol–water partition coefficient (Wildman–Crippen LogP) is 12.2. The molecule has 0 saturated heterocycles. The molecule has 0 spiro atoms. The fourth-order valence-corrected chi connectivity index (χ4v) is 13.0. The summed E-state index contributed by atoms with van der Waals surface area (Å²) < 4.78 is 0. The van der Waals surface area contributed by atoms with Crippen LogP contribution in [0.1, 0.15) is 184 Å². The second-order valence-corrected chi connectivity index (χ2v) is 23.3. The molecule has 0 amide bonds. The number of hydrogen-bond donors (Lipinski definition) is 0. The molecule has 0 nitrogen and oxygen atoms in total. The summed E-state index contributed by atoms with van der Waals surface area (Å²) in [6, 6.07) is 0. The quantitative estimate of drug-likeness (QED) is 0.197. The van der Waals surface area contributed by atoms with Crippen molar-refractivity contribution in [1.29, 1.82) is 0 Å². The van der Waals surface area contributed by atoms with E-state index in [0.717, 1.165) is 5.92 Å². The summed E-state index contributed by atoms with van der Waals surface area (Å²) in [7, 11) is 1.97. The number of hydrogen-bond acceptors (Lipinski definition) is 0. The van der Waals surface area contributed by atoms with Gasteiger partial charge in [0.05, 0.1) is 0 Å². The van der Waals surface area contributed by atoms with Gasteiger partial charge in [-0.1, -0.05) is 245 Å². The molecule has 5 saturated carbocycles. The lowest BCUT2D eigenvalue weighted by Crippen LogP contribution is -2.08. The summed E-state index contributed by atoms with van der Waals surface area (Å²) in [5.74, 6) is 1.03. The molecule has 2 atom stereocenters. The maximum Gasteiger partial charge on any atom is 0.0201 e. The zero-order valence-corrected chi connectivity index (χ0v) is 41.5. The van der Waals surface area contributed by atoms with Crippen molar-refractivity contribution < 1.29 is 0 Å². The SMILES string of the molecule is CC.CC.CC.CC.C[SiH2]C1CC1.C[SiH2]C1CCC1.C[SiH2]C1CCCC(C)CC1.C[SiH2]C1CCCC1.C[SiH2]C1CCCCC1. The molecule has 5 aliphatic carbocycles. The van der Waals surface area contributed by atoms with E-state index in [1.54, 1.807) is 64.2 Å². The Labute approximate surface area is 296 Å². The van der Waals surface area contributed by atoms with Gasteiger partial charge >= 0.3 is 0 Å². The van der Waals surface area contributed by atoms with Crippen LogP contribution in [0.5, 0.6) is 0 Å². The van der Waals surface area contributed by atoms with Crippen molar-refractivity contribution in [2.75, 3.05) is 0 Å². The molecule has 5 heteroatoms. The van der Waals surface area contributed by atoms with Crippen LogP contribution in [0.3, 0.4) is 0 Å².